The molecule has 0 fully saturated rings. The highest BCUT2D eigenvalue weighted by Gasteiger charge is 2.14. The first-order valence-electron chi connectivity index (χ1n) is 11.6. The zero-order valence-electron chi connectivity index (χ0n) is 20.2. The smallest absolute Gasteiger partial charge is 0.212 e. The Morgan fingerprint density at radius 1 is 0.943 bits per heavy atom. The number of fused-ring (bicyclic) bond motifs is 1. The average molecular weight is 472 g/mol. The second kappa shape index (κ2) is 11.1. The van der Waals surface area contributed by atoms with Crippen LogP contribution in [0.2, 0.25) is 0 Å². The Labute approximate surface area is 204 Å². The predicted molar refractivity (Wildman–Crippen MR) is 136 cm³/mol. The molecule has 0 aliphatic heterocycles. The Kier molecular flexibility index (Phi) is 7.67. The zero-order chi connectivity index (χ0) is 24.8. The third-order valence-corrected chi connectivity index (χ3v) is 5.98. The number of pyridine rings is 3. The van der Waals surface area contributed by atoms with Gasteiger partial charge in [0.2, 0.25) is 11.8 Å². The van der Waals surface area contributed by atoms with E-state index in [-0.39, 0.29) is 5.78 Å². The van der Waals surface area contributed by atoms with Crippen LogP contribution in [0.5, 0.6) is 11.8 Å². The average Bonchev–Trinajstić information content (AvgIpc) is 2.91. The fourth-order valence-corrected chi connectivity index (χ4v) is 3.93. The molecule has 0 aliphatic carbocycles. The number of ether oxygens (including phenoxy) is 2. The molecule has 0 saturated carbocycles. The van der Waals surface area contributed by atoms with E-state index in [0.717, 1.165) is 38.9 Å². The van der Waals surface area contributed by atoms with Gasteiger partial charge in [0, 0.05) is 59.4 Å². The van der Waals surface area contributed by atoms with Crippen LogP contribution in [-0.2, 0) is 11.2 Å². The predicted octanol–water partition coefficient (Wildman–Crippen LogP) is 5.04. The van der Waals surface area contributed by atoms with Crippen molar-refractivity contribution < 1.29 is 19.4 Å². The molecule has 35 heavy (non-hydrogen) atoms. The van der Waals surface area contributed by atoms with Gasteiger partial charge < -0.3 is 14.6 Å². The van der Waals surface area contributed by atoms with Crippen LogP contribution in [0, 0.1) is 0 Å². The summed E-state index contributed by atoms with van der Waals surface area (Å²) >= 11 is 0. The minimum atomic E-state index is -0.425. The van der Waals surface area contributed by atoms with Crippen LogP contribution < -0.4 is 9.47 Å². The Balaban J connectivity index is 1.73. The SMILES string of the molecule is CCC(O)CCC(=O)Cc1ccc2nc(-c3ccc(OC)nc3)c(-c3ccc(OC)nc3)cc2c1. The first-order valence-corrected chi connectivity index (χ1v) is 11.6. The molecule has 0 amide bonds. The van der Waals surface area contributed by atoms with Crippen LogP contribution in [0.1, 0.15) is 31.7 Å². The highest BCUT2D eigenvalue weighted by atomic mass is 16.5. The van der Waals surface area contributed by atoms with Crippen LogP contribution in [0.25, 0.3) is 33.3 Å². The molecule has 3 aromatic heterocycles. The molecule has 1 unspecified atom stereocenters. The first kappa shape index (κ1) is 24.3. The molecule has 0 saturated heterocycles. The number of methoxy groups -OCH3 is 2. The summed E-state index contributed by atoms with van der Waals surface area (Å²) in [5.74, 6) is 1.18. The molecule has 0 radical (unpaired) electrons. The summed E-state index contributed by atoms with van der Waals surface area (Å²) in [5, 5.41) is 10.7. The summed E-state index contributed by atoms with van der Waals surface area (Å²) in [7, 11) is 3.17. The van der Waals surface area contributed by atoms with Crippen LogP contribution in [0.4, 0.5) is 0 Å². The van der Waals surface area contributed by atoms with Crippen molar-refractivity contribution in [2.75, 3.05) is 14.2 Å². The number of carbonyl (C=O) groups excluding carboxylic acids is 1. The molecule has 7 heteroatoms. The van der Waals surface area contributed by atoms with Gasteiger partial charge in [-0.05, 0) is 48.7 Å². The van der Waals surface area contributed by atoms with E-state index in [2.05, 4.69) is 16.0 Å². The molecule has 180 valence electrons. The number of aromatic nitrogens is 3. The lowest BCUT2D eigenvalue weighted by Gasteiger charge is -2.13. The summed E-state index contributed by atoms with van der Waals surface area (Å²) in [4.78, 5) is 26.1. The lowest BCUT2D eigenvalue weighted by atomic mass is 9.97. The molecule has 0 aliphatic rings. The fraction of sp³-hybridized carbons (Fsp3) is 0.286. The van der Waals surface area contributed by atoms with Crippen molar-refractivity contribution in [2.24, 2.45) is 0 Å². The van der Waals surface area contributed by atoms with E-state index in [1.807, 2.05) is 43.3 Å². The quantitative estimate of drug-likeness (QED) is 0.346. The minimum Gasteiger partial charge on any atom is -0.481 e. The number of ketones is 1. The van der Waals surface area contributed by atoms with E-state index in [0.29, 0.717) is 37.4 Å². The summed E-state index contributed by atoms with van der Waals surface area (Å²) < 4.78 is 10.4. The number of hydrogen-bond acceptors (Lipinski definition) is 7. The van der Waals surface area contributed by atoms with Gasteiger partial charge in [0.05, 0.1) is 31.5 Å². The van der Waals surface area contributed by atoms with Gasteiger partial charge in [-0.3, -0.25) is 4.79 Å². The van der Waals surface area contributed by atoms with Gasteiger partial charge in [-0.25, -0.2) is 15.0 Å². The Bertz CT molecular complexity index is 1300. The molecule has 1 N–H and O–H groups in total. The fourth-order valence-electron chi connectivity index (χ4n) is 3.93. The molecular formula is C28H29N3O4. The third-order valence-electron chi connectivity index (χ3n) is 5.98. The van der Waals surface area contributed by atoms with Crippen molar-refractivity contribution in [3.05, 3.63) is 66.5 Å². The van der Waals surface area contributed by atoms with Gasteiger partial charge in [-0.1, -0.05) is 13.0 Å². The lowest BCUT2D eigenvalue weighted by molar-refractivity contribution is -0.119. The maximum atomic E-state index is 12.4. The molecule has 3 heterocycles. The van der Waals surface area contributed by atoms with E-state index in [9.17, 15) is 9.90 Å². The molecule has 0 bridgehead atoms. The first-order chi connectivity index (χ1) is 17.0. The van der Waals surface area contributed by atoms with Gasteiger partial charge in [0.1, 0.15) is 5.78 Å². The topological polar surface area (TPSA) is 94.4 Å². The summed E-state index contributed by atoms with van der Waals surface area (Å²) in [6.07, 6.45) is 4.93. The number of benzene rings is 1. The molecule has 1 atom stereocenters. The van der Waals surface area contributed by atoms with E-state index in [1.54, 1.807) is 32.7 Å². The van der Waals surface area contributed by atoms with Crippen LogP contribution in [0.3, 0.4) is 0 Å². The standard InChI is InChI=1S/C28H29N3O4/c1-4-22(32)8-9-23(33)14-18-5-10-25-21(13-18)15-24(19-6-11-26(34-2)29-16-19)28(31-25)20-7-12-27(35-3)30-17-20/h5-7,10-13,15-17,22,32H,4,8-9,14H2,1-3H3. The van der Waals surface area contributed by atoms with E-state index in [4.69, 9.17) is 14.5 Å². The molecule has 1 aromatic carbocycles. The number of Topliss-reactive ketones (excluding diaryl/α,β-unsaturated/α-hetero) is 1. The van der Waals surface area contributed by atoms with Gasteiger partial charge in [0.25, 0.3) is 0 Å². The lowest BCUT2D eigenvalue weighted by Crippen LogP contribution is -2.10. The van der Waals surface area contributed by atoms with E-state index >= 15 is 0 Å². The number of aliphatic hydroxyl groups is 1. The highest BCUT2D eigenvalue weighted by Crippen LogP contribution is 2.34. The summed E-state index contributed by atoms with van der Waals surface area (Å²) in [6.45, 7) is 1.91. The number of nitrogens with zero attached hydrogens (tertiary/aromatic N) is 3. The molecule has 0 spiro atoms. The molecular weight excluding hydrogens is 442 g/mol. The van der Waals surface area contributed by atoms with Gasteiger partial charge >= 0.3 is 0 Å². The number of carbonyl (C=O) groups is 1. The van der Waals surface area contributed by atoms with Gasteiger partial charge in [0.15, 0.2) is 0 Å². The zero-order valence-corrected chi connectivity index (χ0v) is 20.2. The van der Waals surface area contributed by atoms with E-state index in [1.165, 1.54) is 0 Å². The van der Waals surface area contributed by atoms with Gasteiger partial charge in [-0.15, -0.1) is 0 Å². The largest absolute Gasteiger partial charge is 0.481 e. The van der Waals surface area contributed by atoms with Crippen molar-refractivity contribution in [1.29, 1.82) is 0 Å². The second-order valence-corrected chi connectivity index (χ2v) is 8.41. The van der Waals surface area contributed by atoms with Crippen LogP contribution in [0.15, 0.2) is 60.9 Å². The molecule has 4 aromatic rings. The second-order valence-electron chi connectivity index (χ2n) is 8.41. The van der Waals surface area contributed by atoms with Crippen molar-refractivity contribution in [3.8, 4) is 34.1 Å². The number of rotatable bonds is 10. The molecule has 4 rings (SSSR count). The van der Waals surface area contributed by atoms with Crippen molar-refractivity contribution in [2.45, 2.75) is 38.7 Å². The van der Waals surface area contributed by atoms with E-state index < -0.39 is 6.10 Å². The van der Waals surface area contributed by atoms with Gasteiger partial charge in [-0.2, -0.15) is 0 Å². The van der Waals surface area contributed by atoms with Crippen molar-refractivity contribution >= 4 is 16.7 Å². The van der Waals surface area contributed by atoms with Crippen LogP contribution >= 0.6 is 0 Å². The maximum absolute atomic E-state index is 12.4. The Hall–Kier alpha value is -3.84. The van der Waals surface area contributed by atoms with Crippen LogP contribution in [-0.4, -0.2) is 46.2 Å². The normalized spacial score (nSPS) is 11.9. The summed E-state index contributed by atoms with van der Waals surface area (Å²) in [5.41, 5.74) is 5.16. The van der Waals surface area contributed by atoms with Crippen molar-refractivity contribution in [1.82, 2.24) is 15.0 Å². The minimum absolute atomic E-state index is 0.116. The monoisotopic (exact) mass is 471 g/mol. The maximum Gasteiger partial charge on any atom is 0.212 e. The van der Waals surface area contributed by atoms with Crippen molar-refractivity contribution in [3.63, 3.8) is 0 Å². The Morgan fingerprint density at radius 2 is 1.63 bits per heavy atom. The number of aliphatic hydroxyl groups excluding tert-OH is 1. The molecule has 7 nitrogen and oxygen atoms in total. The Morgan fingerprint density at radius 3 is 2.23 bits per heavy atom. The third kappa shape index (κ3) is 5.81. The number of hydrogen-bond donors (Lipinski definition) is 1. The highest BCUT2D eigenvalue weighted by molar-refractivity contribution is 5.92. The summed E-state index contributed by atoms with van der Waals surface area (Å²) in [6, 6.07) is 15.5.